The number of nitrogens with zero attached hydrogens (tertiary/aromatic N) is 1. The molecular formula is C20H21NO8. The lowest BCUT2D eigenvalue weighted by molar-refractivity contribution is -0.385. The van der Waals surface area contributed by atoms with Gasteiger partial charge in [-0.3, -0.25) is 10.1 Å². The molecule has 0 N–H and O–H groups in total. The standard InChI is InChI=1S/C20H21NO8/c1-3-26-17-6-5-13(9-18(17)27-4-2)20(22)28-11-15-8-16(21(23)24)7-14-10-25-12-29-19(14)15/h5-9H,3-4,10-12H2,1-2H3. The minimum absolute atomic E-state index is 0.0301. The highest BCUT2D eigenvalue weighted by Gasteiger charge is 2.22. The summed E-state index contributed by atoms with van der Waals surface area (Å²) in [5, 5.41) is 11.2. The van der Waals surface area contributed by atoms with Gasteiger partial charge in [0, 0.05) is 23.3 Å². The summed E-state index contributed by atoms with van der Waals surface area (Å²) >= 11 is 0. The summed E-state index contributed by atoms with van der Waals surface area (Å²) in [6, 6.07) is 7.48. The highest BCUT2D eigenvalue weighted by molar-refractivity contribution is 5.90. The Kier molecular flexibility index (Phi) is 6.50. The van der Waals surface area contributed by atoms with E-state index in [2.05, 4.69) is 0 Å². The van der Waals surface area contributed by atoms with Crippen molar-refractivity contribution >= 4 is 11.7 Å². The van der Waals surface area contributed by atoms with Crippen molar-refractivity contribution in [3.63, 3.8) is 0 Å². The Hall–Kier alpha value is -3.33. The molecule has 3 rings (SSSR count). The predicted octanol–water partition coefficient (Wildman–Crippen LogP) is 3.62. The van der Waals surface area contributed by atoms with Crippen molar-refractivity contribution in [3.8, 4) is 17.2 Å². The van der Waals surface area contributed by atoms with Crippen LogP contribution in [0.1, 0.15) is 35.3 Å². The van der Waals surface area contributed by atoms with E-state index in [1.165, 1.54) is 12.1 Å². The Morgan fingerprint density at radius 3 is 2.62 bits per heavy atom. The van der Waals surface area contributed by atoms with Gasteiger partial charge in [-0.05, 0) is 32.0 Å². The van der Waals surface area contributed by atoms with Crippen molar-refractivity contribution in [2.24, 2.45) is 0 Å². The largest absolute Gasteiger partial charge is 0.490 e. The molecule has 29 heavy (non-hydrogen) atoms. The molecule has 0 spiro atoms. The van der Waals surface area contributed by atoms with Crippen LogP contribution in [-0.4, -0.2) is 30.9 Å². The quantitative estimate of drug-likeness (QED) is 0.374. The Morgan fingerprint density at radius 2 is 1.90 bits per heavy atom. The normalized spacial score (nSPS) is 12.5. The second kappa shape index (κ2) is 9.24. The first-order valence-electron chi connectivity index (χ1n) is 9.11. The molecule has 0 saturated heterocycles. The number of nitro benzene ring substituents is 1. The Labute approximate surface area is 167 Å². The second-order valence-electron chi connectivity index (χ2n) is 6.06. The zero-order chi connectivity index (χ0) is 20.8. The number of ether oxygens (including phenoxy) is 5. The second-order valence-corrected chi connectivity index (χ2v) is 6.06. The first kappa shape index (κ1) is 20.4. The molecule has 9 nitrogen and oxygen atoms in total. The lowest BCUT2D eigenvalue weighted by Crippen LogP contribution is -2.15. The molecular weight excluding hydrogens is 382 g/mol. The van der Waals surface area contributed by atoms with E-state index in [0.717, 1.165) is 0 Å². The SMILES string of the molecule is CCOc1ccc(C(=O)OCc2cc([N+](=O)[O-])cc3c2OCOC3)cc1OCC. The minimum atomic E-state index is -0.596. The van der Waals surface area contributed by atoms with Crippen LogP contribution in [0.4, 0.5) is 5.69 Å². The summed E-state index contributed by atoms with van der Waals surface area (Å²) < 4.78 is 27.0. The van der Waals surface area contributed by atoms with Crippen LogP contribution in [-0.2, 0) is 22.7 Å². The summed E-state index contributed by atoms with van der Waals surface area (Å²) in [5.74, 6) is 0.821. The summed E-state index contributed by atoms with van der Waals surface area (Å²) in [7, 11) is 0. The van der Waals surface area contributed by atoms with Gasteiger partial charge in [0.2, 0.25) is 0 Å². The van der Waals surface area contributed by atoms with E-state index in [1.54, 1.807) is 18.2 Å². The van der Waals surface area contributed by atoms with Crippen molar-refractivity contribution in [3.05, 3.63) is 57.1 Å². The maximum absolute atomic E-state index is 12.5. The first-order chi connectivity index (χ1) is 14.0. The number of hydrogen-bond donors (Lipinski definition) is 0. The van der Waals surface area contributed by atoms with E-state index in [1.807, 2.05) is 13.8 Å². The fourth-order valence-electron chi connectivity index (χ4n) is 2.90. The topological polar surface area (TPSA) is 106 Å². The van der Waals surface area contributed by atoms with Gasteiger partial charge in [0.15, 0.2) is 18.3 Å². The Balaban J connectivity index is 1.79. The summed E-state index contributed by atoms with van der Waals surface area (Å²) in [6.45, 7) is 4.60. The maximum atomic E-state index is 12.5. The van der Waals surface area contributed by atoms with Crippen LogP contribution in [0.5, 0.6) is 17.2 Å². The van der Waals surface area contributed by atoms with Crippen molar-refractivity contribution in [1.29, 1.82) is 0 Å². The van der Waals surface area contributed by atoms with E-state index >= 15 is 0 Å². The lowest BCUT2D eigenvalue weighted by Gasteiger charge is -2.20. The van der Waals surface area contributed by atoms with Gasteiger partial charge >= 0.3 is 5.97 Å². The first-order valence-corrected chi connectivity index (χ1v) is 9.11. The third-order valence-electron chi connectivity index (χ3n) is 4.12. The number of esters is 1. The number of rotatable bonds is 8. The zero-order valence-corrected chi connectivity index (χ0v) is 16.1. The molecule has 0 aromatic heterocycles. The third-order valence-corrected chi connectivity index (χ3v) is 4.12. The number of benzene rings is 2. The van der Waals surface area contributed by atoms with Crippen molar-refractivity contribution in [2.45, 2.75) is 27.1 Å². The van der Waals surface area contributed by atoms with Crippen LogP contribution in [0.3, 0.4) is 0 Å². The van der Waals surface area contributed by atoms with Crippen molar-refractivity contribution in [2.75, 3.05) is 20.0 Å². The molecule has 0 amide bonds. The number of carbonyl (C=O) groups is 1. The van der Waals surface area contributed by atoms with Gasteiger partial charge in [-0.2, -0.15) is 0 Å². The molecule has 1 aliphatic rings. The average molecular weight is 403 g/mol. The highest BCUT2D eigenvalue weighted by Crippen LogP contribution is 2.33. The van der Waals surface area contributed by atoms with E-state index in [0.29, 0.717) is 41.6 Å². The monoisotopic (exact) mass is 403 g/mol. The van der Waals surface area contributed by atoms with Crippen LogP contribution in [0.25, 0.3) is 0 Å². The Bertz CT molecular complexity index is 912. The fraction of sp³-hybridized carbons (Fsp3) is 0.350. The smallest absolute Gasteiger partial charge is 0.338 e. The van der Waals surface area contributed by atoms with Crippen LogP contribution in [0, 0.1) is 10.1 Å². The molecule has 2 aromatic carbocycles. The van der Waals surface area contributed by atoms with Crippen LogP contribution in [0.15, 0.2) is 30.3 Å². The molecule has 0 fully saturated rings. The molecule has 0 saturated carbocycles. The van der Waals surface area contributed by atoms with Crippen molar-refractivity contribution < 1.29 is 33.4 Å². The van der Waals surface area contributed by atoms with Gasteiger partial charge in [-0.15, -0.1) is 0 Å². The number of carbonyl (C=O) groups excluding carboxylic acids is 1. The number of hydrogen-bond acceptors (Lipinski definition) is 8. The summed E-state index contributed by atoms with van der Waals surface area (Å²) in [4.78, 5) is 23.2. The number of nitro groups is 1. The van der Waals surface area contributed by atoms with Gasteiger partial charge in [0.1, 0.15) is 12.4 Å². The number of non-ortho nitro benzene ring substituents is 1. The van der Waals surface area contributed by atoms with E-state index in [-0.39, 0.29) is 31.3 Å². The predicted molar refractivity (Wildman–Crippen MR) is 101 cm³/mol. The van der Waals surface area contributed by atoms with Gasteiger partial charge in [-0.25, -0.2) is 4.79 Å². The van der Waals surface area contributed by atoms with Crippen LogP contribution >= 0.6 is 0 Å². The van der Waals surface area contributed by atoms with Crippen molar-refractivity contribution in [1.82, 2.24) is 0 Å². The molecule has 0 radical (unpaired) electrons. The molecule has 9 heteroatoms. The van der Waals surface area contributed by atoms with Gasteiger partial charge in [0.05, 0.1) is 30.3 Å². The minimum Gasteiger partial charge on any atom is -0.490 e. The van der Waals surface area contributed by atoms with Crippen LogP contribution in [0.2, 0.25) is 0 Å². The molecule has 2 aromatic rings. The summed E-state index contributed by atoms with van der Waals surface area (Å²) in [6.07, 6.45) is 0. The molecule has 1 heterocycles. The van der Waals surface area contributed by atoms with Gasteiger partial charge in [-0.1, -0.05) is 0 Å². The zero-order valence-electron chi connectivity index (χ0n) is 16.1. The molecule has 154 valence electrons. The summed E-state index contributed by atoms with van der Waals surface area (Å²) in [5.41, 5.74) is 1.10. The molecule has 0 atom stereocenters. The molecule has 0 unspecified atom stereocenters. The Morgan fingerprint density at radius 1 is 1.14 bits per heavy atom. The van der Waals surface area contributed by atoms with Gasteiger partial charge in [0.25, 0.3) is 5.69 Å². The highest BCUT2D eigenvalue weighted by atomic mass is 16.7. The van der Waals surface area contributed by atoms with Crippen LogP contribution < -0.4 is 14.2 Å². The van der Waals surface area contributed by atoms with E-state index < -0.39 is 10.9 Å². The van der Waals surface area contributed by atoms with E-state index in [9.17, 15) is 14.9 Å². The maximum Gasteiger partial charge on any atom is 0.338 e. The molecule has 0 bridgehead atoms. The molecule has 0 aliphatic carbocycles. The fourth-order valence-corrected chi connectivity index (χ4v) is 2.90. The molecule has 1 aliphatic heterocycles. The van der Waals surface area contributed by atoms with Gasteiger partial charge < -0.3 is 23.7 Å². The number of fused-ring (bicyclic) bond motifs is 1. The average Bonchev–Trinajstić information content (AvgIpc) is 2.73. The lowest BCUT2D eigenvalue weighted by atomic mass is 10.1. The third kappa shape index (κ3) is 4.75. The van der Waals surface area contributed by atoms with E-state index in [4.69, 9.17) is 23.7 Å².